The zero-order valence-corrected chi connectivity index (χ0v) is 14.5. The van der Waals surface area contributed by atoms with E-state index in [9.17, 15) is 4.79 Å². The number of carbonyl (C=O) groups excluding carboxylic acids is 1. The summed E-state index contributed by atoms with van der Waals surface area (Å²) >= 11 is 3.48. The predicted molar refractivity (Wildman–Crippen MR) is 95.3 cm³/mol. The number of amides is 1. The van der Waals surface area contributed by atoms with Crippen LogP contribution in [0.15, 0.2) is 50.9 Å². The topological polar surface area (TPSA) is 32.3 Å². The monoisotopic (exact) mass is 344 g/mol. The maximum Gasteiger partial charge on any atom is 0.251 e. The Hall–Kier alpha value is -1.30. The number of hydrogen-bond acceptors (Lipinski definition) is 4. The van der Waals surface area contributed by atoms with Gasteiger partial charge in [0.25, 0.3) is 5.91 Å². The Balaban J connectivity index is 1.38. The highest BCUT2D eigenvalue weighted by molar-refractivity contribution is 8.01. The molecule has 5 rings (SSSR count). The third-order valence-corrected chi connectivity index (χ3v) is 6.85. The summed E-state index contributed by atoms with van der Waals surface area (Å²) in [6.45, 7) is 3.42. The van der Waals surface area contributed by atoms with Crippen molar-refractivity contribution in [1.82, 2.24) is 10.2 Å². The summed E-state index contributed by atoms with van der Waals surface area (Å²) in [6, 6.07) is 12.4. The van der Waals surface area contributed by atoms with Gasteiger partial charge < -0.3 is 10.2 Å². The van der Waals surface area contributed by atoms with Crippen molar-refractivity contribution in [3.8, 4) is 0 Å². The second-order valence-electron chi connectivity index (χ2n) is 6.28. The first kappa shape index (κ1) is 15.2. The van der Waals surface area contributed by atoms with Gasteiger partial charge in [0.2, 0.25) is 0 Å². The van der Waals surface area contributed by atoms with E-state index in [0.717, 1.165) is 12.1 Å². The lowest BCUT2D eigenvalue weighted by molar-refractivity contribution is 0.0620. The molecule has 1 amide bonds. The summed E-state index contributed by atoms with van der Waals surface area (Å²) < 4.78 is 1.27. The molecule has 3 nitrogen and oxygen atoms in total. The molecule has 1 unspecified atom stereocenters. The van der Waals surface area contributed by atoms with Crippen molar-refractivity contribution < 1.29 is 4.79 Å². The number of benzene rings is 1. The minimum Gasteiger partial charge on any atom is -0.348 e. The van der Waals surface area contributed by atoms with Crippen molar-refractivity contribution in [2.45, 2.75) is 28.0 Å². The lowest BCUT2D eigenvalue weighted by Crippen LogP contribution is -2.57. The van der Waals surface area contributed by atoms with Gasteiger partial charge in [-0.25, -0.2) is 0 Å². The minimum absolute atomic E-state index is 0.0661. The fourth-order valence-electron chi connectivity index (χ4n) is 3.49. The standard InChI is InChI=1S/C18H20N2OS2/c21-18(19-16-12-20-9-7-13(16)8-10-20)14-3-5-15(6-4-14)23-17-2-1-11-22-17/h1-6,11,13,16H,7-10,12H2,(H,19,21). The smallest absolute Gasteiger partial charge is 0.251 e. The number of nitrogens with zero attached hydrogens (tertiary/aromatic N) is 1. The van der Waals surface area contributed by atoms with Crippen molar-refractivity contribution >= 4 is 29.0 Å². The number of hydrogen-bond donors (Lipinski definition) is 1. The largest absolute Gasteiger partial charge is 0.348 e. The molecule has 2 bridgehead atoms. The average Bonchev–Trinajstić information content (AvgIpc) is 3.09. The summed E-state index contributed by atoms with van der Waals surface area (Å²) in [6.07, 6.45) is 2.45. The van der Waals surface area contributed by atoms with Crippen LogP contribution in [0.2, 0.25) is 0 Å². The van der Waals surface area contributed by atoms with Gasteiger partial charge in [-0.2, -0.15) is 0 Å². The maximum absolute atomic E-state index is 12.5. The van der Waals surface area contributed by atoms with Crippen molar-refractivity contribution in [3.63, 3.8) is 0 Å². The van der Waals surface area contributed by atoms with Gasteiger partial charge in [-0.1, -0.05) is 17.8 Å². The Bertz CT molecular complexity index is 661. The molecule has 1 aromatic heterocycles. The SMILES string of the molecule is O=C(NC1CN2CCC1CC2)c1ccc(Sc2cccs2)cc1. The van der Waals surface area contributed by atoms with Crippen LogP contribution in [-0.4, -0.2) is 36.5 Å². The van der Waals surface area contributed by atoms with Crippen LogP contribution in [0, 0.1) is 5.92 Å². The Labute approximate surface area is 145 Å². The van der Waals surface area contributed by atoms with Gasteiger partial charge in [0, 0.05) is 23.0 Å². The number of thiophene rings is 1. The number of piperidine rings is 3. The van der Waals surface area contributed by atoms with Crippen LogP contribution in [0.25, 0.3) is 0 Å². The molecule has 0 radical (unpaired) electrons. The zero-order chi connectivity index (χ0) is 15.6. The molecule has 23 heavy (non-hydrogen) atoms. The Morgan fingerprint density at radius 1 is 1.17 bits per heavy atom. The highest BCUT2D eigenvalue weighted by atomic mass is 32.2. The lowest BCUT2D eigenvalue weighted by atomic mass is 9.84. The van der Waals surface area contributed by atoms with Crippen molar-refractivity contribution in [2.24, 2.45) is 5.92 Å². The molecular formula is C18H20N2OS2. The molecule has 1 N–H and O–H groups in total. The van der Waals surface area contributed by atoms with E-state index in [1.807, 2.05) is 24.3 Å². The summed E-state index contributed by atoms with van der Waals surface area (Å²) in [5.74, 6) is 0.731. The van der Waals surface area contributed by atoms with E-state index in [-0.39, 0.29) is 5.91 Å². The van der Waals surface area contributed by atoms with Crippen molar-refractivity contribution in [1.29, 1.82) is 0 Å². The summed E-state index contributed by atoms with van der Waals surface area (Å²) in [5.41, 5.74) is 0.761. The van der Waals surface area contributed by atoms with Gasteiger partial charge in [0.15, 0.2) is 0 Å². The molecule has 0 aliphatic carbocycles. The van der Waals surface area contributed by atoms with E-state index in [1.165, 1.54) is 35.0 Å². The van der Waals surface area contributed by atoms with Gasteiger partial charge in [-0.3, -0.25) is 4.79 Å². The first-order chi connectivity index (χ1) is 11.3. The van der Waals surface area contributed by atoms with Gasteiger partial charge in [0.1, 0.15) is 0 Å². The lowest BCUT2D eigenvalue weighted by Gasteiger charge is -2.44. The molecule has 3 saturated heterocycles. The van der Waals surface area contributed by atoms with Crippen LogP contribution >= 0.6 is 23.1 Å². The van der Waals surface area contributed by atoms with Crippen LogP contribution in [0.5, 0.6) is 0 Å². The van der Waals surface area contributed by atoms with Gasteiger partial charge in [-0.05, 0) is 67.6 Å². The molecule has 0 spiro atoms. The van der Waals surface area contributed by atoms with Crippen LogP contribution < -0.4 is 5.32 Å². The zero-order valence-electron chi connectivity index (χ0n) is 12.9. The normalized spacial score (nSPS) is 26.2. The fraction of sp³-hybridized carbons (Fsp3) is 0.389. The molecule has 1 aromatic carbocycles. The molecule has 5 heteroatoms. The molecule has 3 fully saturated rings. The van der Waals surface area contributed by atoms with Crippen molar-refractivity contribution in [2.75, 3.05) is 19.6 Å². The van der Waals surface area contributed by atoms with Gasteiger partial charge in [0.05, 0.1) is 4.21 Å². The first-order valence-electron chi connectivity index (χ1n) is 8.12. The van der Waals surface area contributed by atoms with E-state index in [2.05, 4.69) is 27.7 Å². The Kier molecular flexibility index (Phi) is 4.42. The third kappa shape index (κ3) is 3.47. The average molecular weight is 345 g/mol. The Morgan fingerprint density at radius 2 is 1.96 bits per heavy atom. The van der Waals surface area contributed by atoms with E-state index in [1.54, 1.807) is 23.1 Å². The van der Waals surface area contributed by atoms with Crippen molar-refractivity contribution in [3.05, 3.63) is 47.3 Å². The number of nitrogens with one attached hydrogen (secondary N) is 1. The third-order valence-electron chi connectivity index (χ3n) is 4.80. The fourth-order valence-corrected chi connectivity index (χ4v) is 5.24. The second-order valence-corrected chi connectivity index (χ2v) is 8.60. The summed E-state index contributed by atoms with van der Waals surface area (Å²) in [5, 5.41) is 5.33. The number of fused-ring (bicyclic) bond motifs is 3. The van der Waals surface area contributed by atoms with Crippen LogP contribution in [-0.2, 0) is 0 Å². The molecule has 3 aliphatic heterocycles. The number of carbonyl (C=O) groups is 1. The summed E-state index contributed by atoms with van der Waals surface area (Å²) in [7, 11) is 0. The molecule has 120 valence electrons. The second kappa shape index (κ2) is 6.67. The van der Waals surface area contributed by atoms with E-state index < -0.39 is 0 Å². The molecular weight excluding hydrogens is 324 g/mol. The molecule has 1 atom stereocenters. The van der Waals surface area contributed by atoms with E-state index in [4.69, 9.17) is 0 Å². The molecule has 4 heterocycles. The number of rotatable bonds is 4. The van der Waals surface area contributed by atoms with Crippen LogP contribution in [0.1, 0.15) is 23.2 Å². The Morgan fingerprint density at radius 3 is 2.57 bits per heavy atom. The molecule has 0 saturated carbocycles. The minimum atomic E-state index is 0.0661. The quantitative estimate of drug-likeness (QED) is 0.917. The highest BCUT2D eigenvalue weighted by Crippen LogP contribution is 2.31. The van der Waals surface area contributed by atoms with E-state index in [0.29, 0.717) is 12.0 Å². The van der Waals surface area contributed by atoms with Crippen LogP contribution in [0.3, 0.4) is 0 Å². The highest BCUT2D eigenvalue weighted by Gasteiger charge is 2.34. The van der Waals surface area contributed by atoms with Gasteiger partial charge in [-0.15, -0.1) is 11.3 Å². The van der Waals surface area contributed by atoms with E-state index >= 15 is 0 Å². The molecule has 2 aromatic rings. The maximum atomic E-state index is 12.5. The first-order valence-corrected chi connectivity index (χ1v) is 9.82. The van der Waals surface area contributed by atoms with Crippen LogP contribution in [0.4, 0.5) is 0 Å². The summed E-state index contributed by atoms with van der Waals surface area (Å²) in [4.78, 5) is 16.1. The predicted octanol–water partition coefficient (Wildman–Crippen LogP) is 3.72. The molecule has 3 aliphatic rings. The van der Waals surface area contributed by atoms with Gasteiger partial charge >= 0.3 is 0 Å².